The number of benzene rings is 2. The molecule has 2 aromatic carbocycles. The second kappa shape index (κ2) is 6.00. The van der Waals surface area contributed by atoms with E-state index in [9.17, 15) is 13.6 Å². The molecule has 0 unspecified atom stereocenters. The van der Waals surface area contributed by atoms with Crippen molar-refractivity contribution in [2.75, 3.05) is 11.9 Å². The lowest BCUT2D eigenvalue weighted by Crippen LogP contribution is -2.26. The molecule has 1 aromatic heterocycles. The first kappa shape index (κ1) is 14.9. The van der Waals surface area contributed by atoms with Gasteiger partial charge < -0.3 is 9.42 Å². The van der Waals surface area contributed by atoms with Gasteiger partial charge in [-0.25, -0.2) is 8.78 Å². The molecule has 0 saturated heterocycles. The molecular weight excluding hydrogens is 302 g/mol. The summed E-state index contributed by atoms with van der Waals surface area (Å²) in [6.07, 6.45) is 0. The molecule has 1 heterocycles. The van der Waals surface area contributed by atoms with Crippen molar-refractivity contribution in [2.24, 2.45) is 0 Å². The topological polar surface area (TPSA) is 46.3 Å². The minimum Gasteiger partial charge on any atom is -0.355 e. The van der Waals surface area contributed by atoms with E-state index in [0.29, 0.717) is 17.0 Å². The SMILES string of the molecule is CN(C(=O)c1cc(-c2ccc(F)cc2)on1)c1ccc(F)cc1. The van der Waals surface area contributed by atoms with Gasteiger partial charge in [0.1, 0.15) is 11.6 Å². The number of anilines is 1. The van der Waals surface area contributed by atoms with Crippen molar-refractivity contribution in [2.45, 2.75) is 0 Å². The highest BCUT2D eigenvalue weighted by atomic mass is 19.1. The maximum atomic E-state index is 12.9. The Morgan fingerprint density at radius 1 is 1.00 bits per heavy atom. The van der Waals surface area contributed by atoms with E-state index in [0.717, 1.165) is 0 Å². The molecule has 0 N–H and O–H groups in total. The van der Waals surface area contributed by atoms with Crippen LogP contribution in [0.15, 0.2) is 59.1 Å². The minimum atomic E-state index is -0.395. The summed E-state index contributed by atoms with van der Waals surface area (Å²) in [6.45, 7) is 0. The van der Waals surface area contributed by atoms with Gasteiger partial charge >= 0.3 is 0 Å². The first-order chi connectivity index (χ1) is 11.0. The van der Waals surface area contributed by atoms with Gasteiger partial charge in [0, 0.05) is 24.4 Å². The summed E-state index contributed by atoms with van der Waals surface area (Å²) >= 11 is 0. The predicted octanol–water partition coefficient (Wildman–Crippen LogP) is 3.90. The van der Waals surface area contributed by atoms with Crippen molar-refractivity contribution < 1.29 is 18.1 Å². The van der Waals surface area contributed by atoms with Crippen molar-refractivity contribution in [1.29, 1.82) is 0 Å². The van der Waals surface area contributed by atoms with Crippen molar-refractivity contribution in [3.8, 4) is 11.3 Å². The molecule has 4 nitrogen and oxygen atoms in total. The smallest absolute Gasteiger partial charge is 0.280 e. The summed E-state index contributed by atoms with van der Waals surface area (Å²) < 4.78 is 31.0. The number of carbonyl (C=O) groups is 1. The van der Waals surface area contributed by atoms with Gasteiger partial charge in [0.2, 0.25) is 0 Å². The molecule has 0 saturated carbocycles. The second-order valence-electron chi connectivity index (χ2n) is 4.92. The highest BCUT2D eigenvalue weighted by molar-refractivity contribution is 6.04. The van der Waals surface area contributed by atoms with Crippen LogP contribution < -0.4 is 4.90 Å². The zero-order chi connectivity index (χ0) is 16.4. The molecule has 116 valence electrons. The maximum absolute atomic E-state index is 12.9. The Balaban J connectivity index is 1.83. The van der Waals surface area contributed by atoms with Gasteiger partial charge in [0.05, 0.1) is 0 Å². The number of nitrogens with zero attached hydrogens (tertiary/aromatic N) is 2. The zero-order valence-corrected chi connectivity index (χ0v) is 12.2. The monoisotopic (exact) mass is 314 g/mol. The zero-order valence-electron chi connectivity index (χ0n) is 12.2. The normalized spacial score (nSPS) is 10.6. The number of carbonyl (C=O) groups excluding carboxylic acids is 1. The fraction of sp³-hybridized carbons (Fsp3) is 0.0588. The molecule has 0 atom stereocenters. The third kappa shape index (κ3) is 3.11. The van der Waals surface area contributed by atoms with Crippen LogP contribution in [0.5, 0.6) is 0 Å². The molecule has 1 amide bonds. The molecule has 3 aromatic rings. The van der Waals surface area contributed by atoms with Crippen LogP contribution >= 0.6 is 0 Å². The van der Waals surface area contributed by atoms with E-state index in [2.05, 4.69) is 5.16 Å². The Labute approximate surface area is 130 Å². The molecule has 23 heavy (non-hydrogen) atoms. The van der Waals surface area contributed by atoms with E-state index >= 15 is 0 Å². The van der Waals surface area contributed by atoms with E-state index in [1.165, 1.54) is 59.5 Å². The van der Waals surface area contributed by atoms with Crippen LogP contribution in [0.2, 0.25) is 0 Å². The highest BCUT2D eigenvalue weighted by Crippen LogP contribution is 2.22. The van der Waals surface area contributed by atoms with Crippen LogP contribution in [-0.4, -0.2) is 18.1 Å². The minimum absolute atomic E-state index is 0.108. The third-order valence-corrected chi connectivity index (χ3v) is 3.38. The van der Waals surface area contributed by atoms with E-state index in [4.69, 9.17) is 4.52 Å². The Morgan fingerprint density at radius 2 is 1.57 bits per heavy atom. The standard InChI is InChI=1S/C17H12F2N2O2/c1-21(14-8-6-13(19)7-9-14)17(22)15-10-16(23-20-15)11-2-4-12(18)5-3-11/h2-10H,1H3. The lowest BCUT2D eigenvalue weighted by atomic mass is 10.1. The number of aromatic nitrogens is 1. The van der Waals surface area contributed by atoms with Crippen molar-refractivity contribution in [3.05, 3.63) is 71.9 Å². The van der Waals surface area contributed by atoms with Gasteiger partial charge in [-0.15, -0.1) is 0 Å². The number of halogens is 2. The Morgan fingerprint density at radius 3 is 2.17 bits per heavy atom. The average Bonchev–Trinajstić information content (AvgIpc) is 3.05. The maximum Gasteiger partial charge on any atom is 0.280 e. The van der Waals surface area contributed by atoms with Gasteiger partial charge in [-0.05, 0) is 48.5 Å². The van der Waals surface area contributed by atoms with Crippen LogP contribution in [0.3, 0.4) is 0 Å². The third-order valence-electron chi connectivity index (χ3n) is 3.38. The summed E-state index contributed by atoms with van der Waals surface area (Å²) in [5, 5.41) is 3.75. The number of hydrogen-bond acceptors (Lipinski definition) is 3. The molecule has 0 fully saturated rings. The molecule has 3 rings (SSSR count). The molecule has 6 heteroatoms. The quantitative estimate of drug-likeness (QED) is 0.736. The average molecular weight is 314 g/mol. The van der Waals surface area contributed by atoms with E-state index in [1.807, 2.05) is 0 Å². The summed E-state index contributed by atoms with van der Waals surface area (Å²) in [6, 6.07) is 12.7. The highest BCUT2D eigenvalue weighted by Gasteiger charge is 2.19. The second-order valence-corrected chi connectivity index (χ2v) is 4.92. The van der Waals surface area contributed by atoms with E-state index in [1.54, 1.807) is 7.05 Å². The molecule has 0 aliphatic heterocycles. The molecule has 0 bridgehead atoms. The summed E-state index contributed by atoms with van der Waals surface area (Å²) in [5.41, 5.74) is 1.25. The predicted molar refractivity (Wildman–Crippen MR) is 81.0 cm³/mol. The van der Waals surface area contributed by atoms with Gasteiger partial charge in [0.15, 0.2) is 11.5 Å². The summed E-state index contributed by atoms with van der Waals surface area (Å²) in [4.78, 5) is 13.7. The van der Waals surface area contributed by atoms with Crippen molar-refractivity contribution in [1.82, 2.24) is 5.16 Å². The molecule has 0 aliphatic rings. The molecule has 0 radical (unpaired) electrons. The number of hydrogen-bond donors (Lipinski definition) is 0. The summed E-state index contributed by atoms with van der Waals surface area (Å²) in [7, 11) is 1.56. The molecular formula is C17H12F2N2O2. The van der Waals surface area contributed by atoms with E-state index in [-0.39, 0.29) is 17.3 Å². The van der Waals surface area contributed by atoms with Crippen LogP contribution in [0.25, 0.3) is 11.3 Å². The first-order valence-electron chi connectivity index (χ1n) is 6.81. The lowest BCUT2D eigenvalue weighted by Gasteiger charge is -2.15. The van der Waals surface area contributed by atoms with Gasteiger partial charge in [-0.2, -0.15) is 0 Å². The van der Waals surface area contributed by atoms with E-state index < -0.39 is 5.91 Å². The lowest BCUT2D eigenvalue weighted by molar-refractivity contribution is 0.0984. The largest absolute Gasteiger partial charge is 0.355 e. The Kier molecular flexibility index (Phi) is 3.89. The van der Waals surface area contributed by atoms with Gasteiger partial charge in [-0.1, -0.05) is 5.16 Å². The molecule has 0 aliphatic carbocycles. The fourth-order valence-corrected chi connectivity index (χ4v) is 2.08. The van der Waals surface area contributed by atoms with Crippen LogP contribution in [0.1, 0.15) is 10.5 Å². The Bertz CT molecular complexity index is 827. The van der Waals surface area contributed by atoms with Gasteiger partial charge in [0.25, 0.3) is 5.91 Å². The molecule has 0 spiro atoms. The van der Waals surface area contributed by atoms with Crippen molar-refractivity contribution >= 4 is 11.6 Å². The fourth-order valence-electron chi connectivity index (χ4n) is 2.08. The van der Waals surface area contributed by atoms with Crippen LogP contribution in [0.4, 0.5) is 14.5 Å². The first-order valence-corrected chi connectivity index (χ1v) is 6.81. The van der Waals surface area contributed by atoms with Crippen molar-refractivity contribution in [3.63, 3.8) is 0 Å². The van der Waals surface area contributed by atoms with Crippen LogP contribution in [-0.2, 0) is 0 Å². The Hall–Kier alpha value is -3.02. The van der Waals surface area contributed by atoms with Crippen LogP contribution in [0, 0.1) is 11.6 Å². The van der Waals surface area contributed by atoms with Gasteiger partial charge in [-0.3, -0.25) is 4.79 Å². The number of rotatable bonds is 3. The number of amides is 1. The summed E-state index contributed by atoms with van der Waals surface area (Å²) in [5.74, 6) is -0.773.